The number of hydrogen-bond acceptors (Lipinski definition) is 6. The smallest absolute Gasteiger partial charge is 0.252 e. The molecule has 7 nitrogen and oxygen atoms in total. The average molecular weight is 410 g/mol. The fourth-order valence-corrected chi connectivity index (χ4v) is 2.74. The fraction of sp³-hybridized carbons (Fsp3) is 0.227. The van der Waals surface area contributed by atoms with Crippen LogP contribution in [0.2, 0.25) is 0 Å². The molecule has 30 heavy (non-hydrogen) atoms. The topological polar surface area (TPSA) is 88.6 Å². The molecule has 3 rings (SSSR count). The Morgan fingerprint density at radius 2 is 1.97 bits per heavy atom. The number of hydrazone groups is 1. The number of H-pyrrole nitrogens is 1. The molecule has 8 heteroatoms. The van der Waals surface area contributed by atoms with Gasteiger partial charge in [0.25, 0.3) is 5.56 Å². The van der Waals surface area contributed by atoms with E-state index in [-0.39, 0.29) is 17.3 Å². The molecule has 1 aromatic heterocycles. The van der Waals surface area contributed by atoms with Gasteiger partial charge in [-0.1, -0.05) is 25.5 Å². The molecule has 0 saturated carbocycles. The molecule has 2 N–H and O–H groups in total. The van der Waals surface area contributed by atoms with E-state index in [1.54, 1.807) is 37.6 Å². The number of nitrogens with one attached hydrogen (secondary N) is 2. The van der Waals surface area contributed by atoms with E-state index in [2.05, 4.69) is 20.5 Å². The first-order valence-corrected chi connectivity index (χ1v) is 9.52. The molecule has 0 fully saturated rings. The summed E-state index contributed by atoms with van der Waals surface area (Å²) in [5.41, 5.74) is 4.83. The average Bonchev–Trinajstić information content (AvgIpc) is 2.73. The van der Waals surface area contributed by atoms with E-state index in [0.29, 0.717) is 23.8 Å². The zero-order chi connectivity index (χ0) is 21.3. The summed E-state index contributed by atoms with van der Waals surface area (Å²) in [4.78, 5) is 18.6. The SMILES string of the molecule is CCCc1cc(=O)[nH]c(N/N=C/c2ccc(OCc3ccc(F)cc3)c(OC)c2)n1. The highest BCUT2D eigenvalue weighted by Gasteiger charge is 2.06. The van der Waals surface area contributed by atoms with Crippen LogP contribution in [-0.4, -0.2) is 23.3 Å². The summed E-state index contributed by atoms with van der Waals surface area (Å²) in [5.74, 6) is 1.10. The molecule has 1 heterocycles. The standard InChI is InChI=1S/C22H23FN4O3/c1-3-4-18-12-21(28)26-22(25-18)27-24-13-16-7-10-19(20(11-16)29-2)30-14-15-5-8-17(23)9-6-15/h5-13H,3-4,14H2,1-2H3,(H2,25,26,27,28)/b24-13+. The van der Waals surface area contributed by atoms with E-state index < -0.39 is 0 Å². The molecule has 0 aliphatic rings. The van der Waals surface area contributed by atoms with Crippen LogP contribution >= 0.6 is 0 Å². The Balaban J connectivity index is 1.65. The number of benzene rings is 2. The summed E-state index contributed by atoms with van der Waals surface area (Å²) in [6.07, 6.45) is 3.20. The molecule has 0 amide bonds. The van der Waals surface area contributed by atoms with Crippen molar-refractivity contribution in [1.29, 1.82) is 0 Å². The van der Waals surface area contributed by atoms with Gasteiger partial charge >= 0.3 is 0 Å². The Morgan fingerprint density at radius 1 is 1.17 bits per heavy atom. The zero-order valence-corrected chi connectivity index (χ0v) is 16.8. The van der Waals surface area contributed by atoms with Crippen LogP contribution in [0.5, 0.6) is 11.5 Å². The van der Waals surface area contributed by atoms with Gasteiger partial charge in [0.1, 0.15) is 12.4 Å². The zero-order valence-electron chi connectivity index (χ0n) is 16.8. The van der Waals surface area contributed by atoms with Crippen molar-refractivity contribution < 1.29 is 13.9 Å². The molecule has 0 atom stereocenters. The van der Waals surface area contributed by atoms with Crippen LogP contribution in [0.1, 0.15) is 30.2 Å². The Hall–Kier alpha value is -3.68. The lowest BCUT2D eigenvalue weighted by atomic mass is 10.2. The van der Waals surface area contributed by atoms with E-state index in [1.165, 1.54) is 18.2 Å². The fourth-order valence-electron chi connectivity index (χ4n) is 2.74. The van der Waals surface area contributed by atoms with Crippen molar-refractivity contribution in [2.45, 2.75) is 26.4 Å². The number of hydrogen-bond donors (Lipinski definition) is 2. The number of aryl methyl sites for hydroxylation is 1. The normalized spacial score (nSPS) is 10.9. The highest BCUT2D eigenvalue weighted by Crippen LogP contribution is 2.28. The van der Waals surface area contributed by atoms with E-state index >= 15 is 0 Å². The van der Waals surface area contributed by atoms with Crippen molar-refractivity contribution in [2.75, 3.05) is 12.5 Å². The molecule has 0 aliphatic heterocycles. The number of rotatable bonds is 9. The van der Waals surface area contributed by atoms with Gasteiger partial charge in [-0.15, -0.1) is 0 Å². The molecule has 0 bridgehead atoms. The van der Waals surface area contributed by atoms with Crippen LogP contribution in [0.4, 0.5) is 10.3 Å². The molecular weight excluding hydrogens is 387 g/mol. The van der Waals surface area contributed by atoms with Crippen molar-refractivity contribution in [1.82, 2.24) is 9.97 Å². The molecule has 156 valence electrons. The first-order chi connectivity index (χ1) is 14.6. The third-order valence-electron chi connectivity index (χ3n) is 4.18. The lowest BCUT2D eigenvalue weighted by molar-refractivity contribution is 0.284. The van der Waals surface area contributed by atoms with Gasteiger partial charge in [-0.05, 0) is 47.9 Å². The summed E-state index contributed by atoms with van der Waals surface area (Å²) in [5, 5.41) is 4.12. The minimum absolute atomic E-state index is 0.226. The minimum Gasteiger partial charge on any atom is -0.493 e. The van der Waals surface area contributed by atoms with Gasteiger partial charge in [0.05, 0.1) is 13.3 Å². The largest absolute Gasteiger partial charge is 0.493 e. The van der Waals surface area contributed by atoms with Gasteiger partial charge in [0.15, 0.2) is 11.5 Å². The molecule has 0 unspecified atom stereocenters. The van der Waals surface area contributed by atoms with Crippen LogP contribution in [0.3, 0.4) is 0 Å². The van der Waals surface area contributed by atoms with Crippen molar-refractivity contribution >= 4 is 12.2 Å². The monoisotopic (exact) mass is 410 g/mol. The summed E-state index contributed by atoms with van der Waals surface area (Å²) in [6.45, 7) is 2.31. The Labute approximate surface area is 173 Å². The molecule has 0 radical (unpaired) electrons. The summed E-state index contributed by atoms with van der Waals surface area (Å²) in [7, 11) is 1.55. The van der Waals surface area contributed by atoms with Gasteiger partial charge in [-0.3, -0.25) is 9.78 Å². The lowest BCUT2D eigenvalue weighted by Gasteiger charge is -2.11. The number of aromatic nitrogens is 2. The number of halogens is 1. The van der Waals surface area contributed by atoms with Crippen molar-refractivity contribution in [3.05, 3.63) is 81.5 Å². The summed E-state index contributed by atoms with van der Waals surface area (Å²) in [6, 6.07) is 13.0. The van der Waals surface area contributed by atoms with Crippen LogP contribution in [0.25, 0.3) is 0 Å². The first kappa shape index (κ1) is 21.0. The molecule has 0 spiro atoms. The second kappa shape index (κ2) is 10.2. The van der Waals surface area contributed by atoms with Crippen LogP contribution in [0, 0.1) is 5.82 Å². The lowest BCUT2D eigenvalue weighted by Crippen LogP contribution is -2.12. The third kappa shape index (κ3) is 5.91. The van der Waals surface area contributed by atoms with E-state index in [1.807, 2.05) is 13.0 Å². The maximum Gasteiger partial charge on any atom is 0.252 e. The van der Waals surface area contributed by atoms with Gasteiger partial charge < -0.3 is 9.47 Å². The maximum absolute atomic E-state index is 13.0. The van der Waals surface area contributed by atoms with Crippen molar-refractivity contribution in [3.8, 4) is 11.5 Å². The van der Waals surface area contributed by atoms with E-state index in [4.69, 9.17) is 9.47 Å². The molecule has 0 aliphatic carbocycles. The predicted molar refractivity (Wildman–Crippen MR) is 114 cm³/mol. The number of anilines is 1. The van der Waals surface area contributed by atoms with Gasteiger partial charge in [-0.25, -0.2) is 14.8 Å². The minimum atomic E-state index is -0.287. The predicted octanol–water partition coefficient (Wildman–Crippen LogP) is 3.90. The van der Waals surface area contributed by atoms with Gasteiger partial charge in [0.2, 0.25) is 5.95 Å². The third-order valence-corrected chi connectivity index (χ3v) is 4.18. The number of ether oxygens (including phenoxy) is 2. The number of aromatic amines is 1. The molecule has 3 aromatic rings. The van der Waals surface area contributed by atoms with Gasteiger partial charge in [0, 0.05) is 11.8 Å². The number of nitrogens with zero attached hydrogens (tertiary/aromatic N) is 2. The second-order valence-electron chi connectivity index (χ2n) is 6.53. The highest BCUT2D eigenvalue weighted by atomic mass is 19.1. The summed E-state index contributed by atoms with van der Waals surface area (Å²) < 4.78 is 24.2. The van der Waals surface area contributed by atoms with E-state index in [0.717, 1.165) is 24.0 Å². The van der Waals surface area contributed by atoms with Crippen LogP contribution in [0.15, 0.2) is 58.4 Å². The van der Waals surface area contributed by atoms with Crippen LogP contribution in [-0.2, 0) is 13.0 Å². The number of methoxy groups -OCH3 is 1. The van der Waals surface area contributed by atoms with Crippen LogP contribution < -0.4 is 20.5 Å². The summed E-state index contributed by atoms with van der Waals surface area (Å²) >= 11 is 0. The van der Waals surface area contributed by atoms with E-state index in [9.17, 15) is 9.18 Å². The Morgan fingerprint density at radius 3 is 2.70 bits per heavy atom. The Bertz CT molecular complexity index is 1060. The van der Waals surface area contributed by atoms with Crippen molar-refractivity contribution in [2.24, 2.45) is 5.10 Å². The van der Waals surface area contributed by atoms with Crippen molar-refractivity contribution in [3.63, 3.8) is 0 Å². The molecular formula is C22H23FN4O3. The van der Waals surface area contributed by atoms with Gasteiger partial charge in [-0.2, -0.15) is 5.10 Å². The second-order valence-corrected chi connectivity index (χ2v) is 6.53. The Kier molecular flexibility index (Phi) is 7.15. The highest BCUT2D eigenvalue weighted by molar-refractivity contribution is 5.81. The quantitative estimate of drug-likeness (QED) is 0.413. The molecule has 2 aromatic carbocycles. The first-order valence-electron chi connectivity index (χ1n) is 9.52. The maximum atomic E-state index is 13.0. The molecule has 0 saturated heterocycles.